The number of nitrogens with two attached hydrogens (primary N) is 1. The van der Waals surface area contributed by atoms with E-state index in [0.717, 1.165) is 30.4 Å². The van der Waals surface area contributed by atoms with Crippen LogP contribution in [0.3, 0.4) is 0 Å². The third-order valence-corrected chi connectivity index (χ3v) is 5.28. The summed E-state index contributed by atoms with van der Waals surface area (Å²) in [4.78, 5) is 30.5. The van der Waals surface area contributed by atoms with Gasteiger partial charge in [-0.25, -0.2) is 9.78 Å². The van der Waals surface area contributed by atoms with Gasteiger partial charge in [0.05, 0.1) is 17.0 Å². The molecule has 27 heavy (non-hydrogen) atoms. The Hall–Kier alpha value is -2.73. The molecule has 4 N–H and O–H groups in total. The van der Waals surface area contributed by atoms with Crippen molar-refractivity contribution in [3.05, 3.63) is 62.0 Å². The molecule has 0 spiro atoms. The number of carbonyl (C=O) groups is 1. The maximum atomic E-state index is 11.8. The summed E-state index contributed by atoms with van der Waals surface area (Å²) in [5.41, 5.74) is 7.82. The topological polar surface area (TPSA) is 133 Å². The predicted molar refractivity (Wildman–Crippen MR) is 106 cm³/mol. The summed E-state index contributed by atoms with van der Waals surface area (Å²) < 4.78 is 0. The normalized spacial score (nSPS) is 11.7. The first kappa shape index (κ1) is 20.6. The molecule has 9 heteroatoms. The van der Waals surface area contributed by atoms with Crippen molar-refractivity contribution in [2.24, 2.45) is 5.73 Å². The Morgan fingerprint density at radius 1 is 1.33 bits per heavy atom. The minimum atomic E-state index is -1.20. The van der Waals surface area contributed by atoms with Gasteiger partial charge in [0, 0.05) is 11.4 Å². The van der Waals surface area contributed by atoms with Crippen LogP contribution in [0.15, 0.2) is 29.1 Å². The Morgan fingerprint density at radius 3 is 2.63 bits per heavy atom. The van der Waals surface area contributed by atoms with Gasteiger partial charge in [-0.15, -0.1) is 23.7 Å². The third kappa shape index (κ3) is 4.34. The van der Waals surface area contributed by atoms with E-state index < -0.39 is 5.97 Å². The van der Waals surface area contributed by atoms with Gasteiger partial charge in [0.2, 0.25) is 5.82 Å². The highest BCUT2D eigenvalue weighted by Gasteiger charge is 2.22. The van der Waals surface area contributed by atoms with E-state index in [9.17, 15) is 9.59 Å². The highest BCUT2D eigenvalue weighted by molar-refractivity contribution is 7.18. The van der Waals surface area contributed by atoms with Crippen LogP contribution in [0.25, 0.3) is 10.2 Å². The fraction of sp³-hybridized carbons (Fsp3) is 0.222. The molecule has 2 heterocycles. The molecule has 0 amide bonds. The van der Waals surface area contributed by atoms with Crippen molar-refractivity contribution in [3.8, 4) is 6.07 Å². The van der Waals surface area contributed by atoms with Gasteiger partial charge in [0.15, 0.2) is 0 Å². The molecule has 0 radical (unpaired) electrons. The number of rotatable bonds is 2. The molecular formula is C18H17ClN4O3S. The third-order valence-electron chi connectivity index (χ3n) is 4.10. The summed E-state index contributed by atoms with van der Waals surface area (Å²) in [6, 6.07) is 9.29. The maximum Gasteiger partial charge on any atom is 0.372 e. The Morgan fingerprint density at radius 2 is 2.04 bits per heavy atom. The Bertz CT molecular complexity index is 1070. The first-order valence-electron chi connectivity index (χ1n) is 8.00. The fourth-order valence-corrected chi connectivity index (χ4v) is 4.08. The Balaban J connectivity index is 0.000000208. The van der Waals surface area contributed by atoms with Gasteiger partial charge in [-0.1, -0.05) is 12.1 Å². The lowest BCUT2D eigenvalue weighted by Gasteiger charge is -1.95. The number of H-pyrrole nitrogens is 1. The van der Waals surface area contributed by atoms with E-state index in [1.54, 1.807) is 12.1 Å². The quantitative estimate of drug-likeness (QED) is 0.601. The van der Waals surface area contributed by atoms with Crippen molar-refractivity contribution in [1.29, 1.82) is 5.26 Å². The van der Waals surface area contributed by atoms with E-state index in [2.05, 4.69) is 9.97 Å². The number of nitriles is 1. The number of carboxylic acids is 1. The number of aromatic nitrogens is 2. The van der Waals surface area contributed by atoms with Crippen molar-refractivity contribution in [1.82, 2.24) is 9.97 Å². The predicted octanol–water partition coefficient (Wildman–Crippen LogP) is 2.61. The number of halogens is 1. The summed E-state index contributed by atoms with van der Waals surface area (Å²) in [7, 11) is 0. The molecule has 1 aromatic carbocycles. The second kappa shape index (κ2) is 8.77. The minimum absolute atomic E-state index is 0. The monoisotopic (exact) mass is 404 g/mol. The van der Waals surface area contributed by atoms with Crippen LogP contribution in [0.5, 0.6) is 0 Å². The number of carboxylic acid groups (broad SMARTS) is 1. The minimum Gasteiger partial charge on any atom is -0.475 e. The Kier molecular flexibility index (Phi) is 6.69. The standard InChI is InChI=1S/C10H8N2O3S.C8H8N2.ClH/c13-8-6-4-2-1-3-5(4)16-9(6)12-7(11-8)10(14)15;9-5-7-1-2-8(6-10)4-3-7;/h1-3H2,(H,14,15)(H,11,12,13);1-4H,5,9H2;1H. The highest BCUT2D eigenvalue weighted by atomic mass is 35.5. The number of aromatic amines is 1. The lowest BCUT2D eigenvalue weighted by atomic mass is 10.1. The average molecular weight is 405 g/mol. The second-order valence-electron chi connectivity index (χ2n) is 5.77. The molecule has 0 atom stereocenters. The van der Waals surface area contributed by atoms with E-state index in [1.165, 1.54) is 16.2 Å². The molecule has 7 nitrogen and oxygen atoms in total. The zero-order valence-corrected chi connectivity index (χ0v) is 15.8. The van der Waals surface area contributed by atoms with Crippen molar-refractivity contribution in [3.63, 3.8) is 0 Å². The number of thiophene rings is 1. The summed E-state index contributed by atoms with van der Waals surface area (Å²) in [6.07, 6.45) is 2.93. The SMILES string of the molecule is Cl.N#Cc1ccc(CN)cc1.O=C(O)c1nc2sc3c(c2c(=O)[nH]1)CCC3. The number of nitrogens with zero attached hydrogens (tertiary/aromatic N) is 2. The molecular weight excluding hydrogens is 388 g/mol. The number of aromatic carboxylic acids is 1. The number of aryl methyl sites for hydroxylation is 2. The lowest BCUT2D eigenvalue weighted by molar-refractivity contribution is 0.0683. The molecule has 0 saturated carbocycles. The first-order chi connectivity index (χ1) is 12.5. The van der Waals surface area contributed by atoms with Crippen LogP contribution in [0.4, 0.5) is 0 Å². The van der Waals surface area contributed by atoms with Gasteiger partial charge in [-0.05, 0) is 42.5 Å². The van der Waals surface area contributed by atoms with Crippen molar-refractivity contribution in [2.75, 3.05) is 0 Å². The van der Waals surface area contributed by atoms with Crippen LogP contribution in [-0.2, 0) is 19.4 Å². The zero-order valence-electron chi connectivity index (χ0n) is 14.2. The molecule has 3 aromatic rings. The largest absolute Gasteiger partial charge is 0.475 e. The first-order valence-corrected chi connectivity index (χ1v) is 8.82. The van der Waals surface area contributed by atoms with Crippen molar-refractivity contribution >= 4 is 39.9 Å². The molecule has 0 unspecified atom stereocenters. The molecule has 4 rings (SSSR count). The fourth-order valence-electron chi connectivity index (χ4n) is 2.82. The van der Waals surface area contributed by atoms with Gasteiger partial charge in [-0.3, -0.25) is 4.79 Å². The molecule has 0 fully saturated rings. The summed E-state index contributed by atoms with van der Waals surface area (Å²) >= 11 is 1.44. The molecule has 0 bridgehead atoms. The van der Waals surface area contributed by atoms with E-state index in [-0.39, 0.29) is 23.8 Å². The second-order valence-corrected chi connectivity index (χ2v) is 6.85. The van der Waals surface area contributed by atoms with Crippen LogP contribution in [-0.4, -0.2) is 21.0 Å². The van der Waals surface area contributed by atoms with Crippen molar-refractivity contribution in [2.45, 2.75) is 25.8 Å². The molecule has 0 aliphatic heterocycles. The van der Waals surface area contributed by atoms with E-state index in [4.69, 9.17) is 16.1 Å². The molecule has 2 aromatic heterocycles. The van der Waals surface area contributed by atoms with Crippen LogP contribution >= 0.6 is 23.7 Å². The number of fused-ring (bicyclic) bond motifs is 3. The highest BCUT2D eigenvalue weighted by Crippen LogP contribution is 2.34. The van der Waals surface area contributed by atoms with E-state index >= 15 is 0 Å². The molecule has 1 aliphatic carbocycles. The van der Waals surface area contributed by atoms with Gasteiger partial charge >= 0.3 is 5.97 Å². The van der Waals surface area contributed by atoms with Gasteiger partial charge < -0.3 is 15.8 Å². The molecule has 0 saturated heterocycles. The van der Waals surface area contributed by atoms with Crippen LogP contribution < -0.4 is 11.3 Å². The van der Waals surface area contributed by atoms with Crippen LogP contribution in [0.2, 0.25) is 0 Å². The summed E-state index contributed by atoms with van der Waals surface area (Å²) in [5, 5.41) is 17.8. The van der Waals surface area contributed by atoms with E-state index in [0.29, 0.717) is 22.3 Å². The number of nitrogens with one attached hydrogen (secondary N) is 1. The van der Waals surface area contributed by atoms with Crippen LogP contribution in [0, 0.1) is 11.3 Å². The summed E-state index contributed by atoms with van der Waals surface area (Å²) in [6.45, 7) is 0.533. The van der Waals surface area contributed by atoms with Crippen LogP contribution in [0.1, 0.15) is 38.6 Å². The van der Waals surface area contributed by atoms with Gasteiger partial charge in [0.1, 0.15) is 4.83 Å². The number of benzene rings is 1. The zero-order chi connectivity index (χ0) is 18.7. The Labute approximate surface area is 164 Å². The number of hydrogen-bond acceptors (Lipinski definition) is 6. The number of hydrogen-bond donors (Lipinski definition) is 3. The average Bonchev–Trinajstić information content (AvgIpc) is 3.22. The lowest BCUT2D eigenvalue weighted by Crippen LogP contribution is -2.15. The summed E-state index contributed by atoms with van der Waals surface area (Å²) in [5.74, 6) is -1.48. The van der Waals surface area contributed by atoms with Crippen molar-refractivity contribution < 1.29 is 9.90 Å². The van der Waals surface area contributed by atoms with E-state index in [1.807, 2.05) is 18.2 Å². The van der Waals surface area contributed by atoms with Gasteiger partial charge in [-0.2, -0.15) is 5.26 Å². The smallest absolute Gasteiger partial charge is 0.372 e. The van der Waals surface area contributed by atoms with Gasteiger partial charge in [0.25, 0.3) is 5.56 Å². The molecule has 1 aliphatic rings. The maximum absolute atomic E-state index is 11.8. The molecule has 140 valence electrons.